The van der Waals surface area contributed by atoms with Gasteiger partial charge in [-0.3, -0.25) is 0 Å². The van der Waals surface area contributed by atoms with Crippen LogP contribution in [0.1, 0.15) is 29.5 Å². The van der Waals surface area contributed by atoms with Crippen LogP contribution in [-0.4, -0.2) is 0 Å². The van der Waals surface area contributed by atoms with Crippen LogP contribution in [0.3, 0.4) is 0 Å². The van der Waals surface area contributed by atoms with Gasteiger partial charge in [-0.15, -0.1) is 0 Å². The van der Waals surface area contributed by atoms with Crippen LogP contribution in [0.4, 0.5) is 5.69 Å². The summed E-state index contributed by atoms with van der Waals surface area (Å²) in [6, 6.07) is 17.8. The number of benzene rings is 2. The van der Waals surface area contributed by atoms with Crippen molar-refractivity contribution in [2.24, 2.45) is 5.92 Å². The number of nitrogens with one attached hydrogen (secondary N) is 1. The average molecular weight is 326 g/mol. The third-order valence-electron chi connectivity index (χ3n) is 4.48. The molecule has 2 aliphatic rings. The number of allylic oxidation sites excluding steroid dienone is 2. The van der Waals surface area contributed by atoms with Crippen molar-refractivity contribution in [2.45, 2.75) is 18.4 Å². The van der Waals surface area contributed by atoms with Crippen LogP contribution in [0.5, 0.6) is 0 Å². The van der Waals surface area contributed by atoms with Gasteiger partial charge in [0.25, 0.3) is 0 Å². The third-order valence-corrected chi connectivity index (χ3v) is 4.98. The van der Waals surface area contributed by atoms with Gasteiger partial charge in [0.05, 0.1) is 6.04 Å². The maximum absolute atomic E-state index is 3.75. The molecule has 100 valence electrons. The van der Waals surface area contributed by atoms with Gasteiger partial charge in [-0.25, -0.2) is 0 Å². The molecule has 0 radical (unpaired) electrons. The number of rotatable bonds is 1. The number of hydrogen-bond acceptors (Lipinski definition) is 1. The molecule has 0 saturated heterocycles. The van der Waals surface area contributed by atoms with E-state index < -0.39 is 0 Å². The molecule has 0 aromatic heterocycles. The predicted octanol–water partition coefficient (Wildman–Crippen LogP) is 5.28. The van der Waals surface area contributed by atoms with Crippen molar-refractivity contribution in [1.29, 1.82) is 0 Å². The largest absolute Gasteiger partial charge is 0.378 e. The minimum absolute atomic E-state index is 0.407. The van der Waals surface area contributed by atoms with Crippen molar-refractivity contribution in [1.82, 2.24) is 0 Å². The molecule has 1 heterocycles. The fourth-order valence-corrected chi connectivity index (χ4v) is 3.93. The summed E-state index contributed by atoms with van der Waals surface area (Å²) in [4.78, 5) is 0. The first-order chi connectivity index (χ1) is 9.83. The van der Waals surface area contributed by atoms with Gasteiger partial charge >= 0.3 is 0 Å². The number of halogens is 1. The third kappa shape index (κ3) is 1.90. The van der Waals surface area contributed by atoms with Gasteiger partial charge in [0.2, 0.25) is 0 Å². The first-order valence-electron chi connectivity index (χ1n) is 7.10. The van der Waals surface area contributed by atoms with E-state index in [1.807, 2.05) is 0 Å². The highest BCUT2D eigenvalue weighted by molar-refractivity contribution is 9.10. The molecule has 4 rings (SSSR count). The second-order valence-electron chi connectivity index (χ2n) is 5.62. The molecular formula is C18H16BrN. The maximum Gasteiger partial charge on any atom is 0.0553 e. The Morgan fingerprint density at radius 2 is 1.90 bits per heavy atom. The second kappa shape index (κ2) is 4.78. The lowest BCUT2D eigenvalue weighted by atomic mass is 9.77. The van der Waals surface area contributed by atoms with E-state index in [0.29, 0.717) is 17.9 Å². The predicted molar refractivity (Wildman–Crippen MR) is 86.9 cm³/mol. The van der Waals surface area contributed by atoms with E-state index in [0.717, 1.165) is 10.9 Å². The number of anilines is 1. The highest BCUT2D eigenvalue weighted by Gasteiger charge is 2.37. The Bertz CT molecular complexity index is 662. The number of fused-ring (bicyclic) bond motifs is 3. The van der Waals surface area contributed by atoms with E-state index in [1.54, 1.807) is 0 Å². The molecule has 0 fully saturated rings. The molecule has 1 aliphatic heterocycles. The summed E-state index contributed by atoms with van der Waals surface area (Å²) in [5.74, 6) is 1.16. The molecule has 1 aliphatic carbocycles. The summed E-state index contributed by atoms with van der Waals surface area (Å²) in [6.45, 7) is 0. The van der Waals surface area contributed by atoms with Crippen LogP contribution >= 0.6 is 15.9 Å². The topological polar surface area (TPSA) is 12.0 Å². The van der Waals surface area contributed by atoms with Gasteiger partial charge < -0.3 is 5.32 Å². The van der Waals surface area contributed by atoms with E-state index >= 15 is 0 Å². The van der Waals surface area contributed by atoms with Crippen molar-refractivity contribution in [2.75, 3.05) is 5.32 Å². The smallest absolute Gasteiger partial charge is 0.0553 e. The number of hydrogen-bond donors (Lipinski definition) is 1. The molecule has 2 aromatic carbocycles. The Hall–Kier alpha value is -1.54. The van der Waals surface area contributed by atoms with Crippen LogP contribution in [0.2, 0.25) is 0 Å². The summed E-state index contributed by atoms with van der Waals surface area (Å²) in [7, 11) is 0. The summed E-state index contributed by atoms with van der Waals surface area (Å²) in [6.07, 6.45) is 5.87. The molecule has 1 N–H and O–H groups in total. The summed E-state index contributed by atoms with van der Waals surface area (Å²) < 4.78 is 1.16. The van der Waals surface area contributed by atoms with Gasteiger partial charge in [0.15, 0.2) is 0 Å². The molecule has 2 heteroatoms. The van der Waals surface area contributed by atoms with Crippen LogP contribution < -0.4 is 5.32 Å². The monoisotopic (exact) mass is 325 g/mol. The Morgan fingerprint density at radius 1 is 1.05 bits per heavy atom. The molecule has 3 atom stereocenters. The molecule has 1 nitrogen and oxygen atoms in total. The van der Waals surface area contributed by atoms with Crippen molar-refractivity contribution in [3.8, 4) is 0 Å². The van der Waals surface area contributed by atoms with Gasteiger partial charge in [-0.2, -0.15) is 0 Å². The fraction of sp³-hybridized carbons (Fsp3) is 0.222. The van der Waals surface area contributed by atoms with E-state index in [4.69, 9.17) is 0 Å². The van der Waals surface area contributed by atoms with Gasteiger partial charge in [-0.1, -0.05) is 58.4 Å². The van der Waals surface area contributed by atoms with Crippen LogP contribution in [0.15, 0.2) is 65.2 Å². The van der Waals surface area contributed by atoms with Crippen molar-refractivity contribution in [3.05, 3.63) is 76.3 Å². The quantitative estimate of drug-likeness (QED) is 0.704. The first kappa shape index (κ1) is 12.2. The molecule has 0 spiro atoms. The summed E-state index contributed by atoms with van der Waals surface area (Å²) >= 11 is 3.60. The lowest BCUT2D eigenvalue weighted by Gasteiger charge is -2.37. The van der Waals surface area contributed by atoms with Crippen molar-refractivity contribution < 1.29 is 0 Å². The average Bonchev–Trinajstić information content (AvgIpc) is 2.97. The normalized spacial score (nSPS) is 26.8. The minimum Gasteiger partial charge on any atom is -0.378 e. The SMILES string of the molecule is Brc1ccc2c(c1)C1C=CCC1C(c1ccccc1)N2. The Kier molecular flexibility index (Phi) is 2.92. The lowest BCUT2D eigenvalue weighted by molar-refractivity contribution is 0.425. The summed E-state index contributed by atoms with van der Waals surface area (Å²) in [5, 5.41) is 3.75. The molecule has 3 unspecified atom stereocenters. The zero-order chi connectivity index (χ0) is 13.5. The van der Waals surface area contributed by atoms with E-state index in [-0.39, 0.29) is 0 Å². The Morgan fingerprint density at radius 3 is 2.75 bits per heavy atom. The fourth-order valence-electron chi connectivity index (χ4n) is 3.56. The second-order valence-corrected chi connectivity index (χ2v) is 6.53. The molecular weight excluding hydrogens is 310 g/mol. The van der Waals surface area contributed by atoms with Crippen LogP contribution in [0, 0.1) is 5.92 Å². The van der Waals surface area contributed by atoms with Gasteiger partial charge in [-0.05, 0) is 41.7 Å². The van der Waals surface area contributed by atoms with E-state index in [2.05, 4.69) is 81.9 Å². The van der Waals surface area contributed by atoms with E-state index in [1.165, 1.54) is 16.8 Å². The van der Waals surface area contributed by atoms with Crippen molar-refractivity contribution >= 4 is 21.6 Å². The molecule has 0 saturated carbocycles. The van der Waals surface area contributed by atoms with E-state index in [9.17, 15) is 0 Å². The highest BCUT2D eigenvalue weighted by atomic mass is 79.9. The Balaban J connectivity index is 1.80. The van der Waals surface area contributed by atoms with Crippen molar-refractivity contribution in [3.63, 3.8) is 0 Å². The zero-order valence-electron chi connectivity index (χ0n) is 11.1. The standard InChI is InChI=1S/C18H16BrN/c19-13-9-10-17-16(11-13)14-7-4-8-15(14)18(20-17)12-5-2-1-3-6-12/h1-7,9-11,14-15,18,20H,8H2. The van der Waals surface area contributed by atoms with Crippen LogP contribution in [-0.2, 0) is 0 Å². The molecule has 0 bridgehead atoms. The first-order valence-corrected chi connectivity index (χ1v) is 7.90. The van der Waals surface area contributed by atoms with Gasteiger partial charge in [0, 0.05) is 16.1 Å². The Labute approximate surface area is 127 Å². The molecule has 2 aromatic rings. The zero-order valence-corrected chi connectivity index (χ0v) is 12.7. The molecule has 0 amide bonds. The maximum atomic E-state index is 3.75. The highest BCUT2D eigenvalue weighted by Crippen LogP contribution is 2.50. The van der Waals surface area contributed by atoms with Gasteiger partial charge in [0.1, 0.15) is 0 Å². The summed E-state index contributed by atoms with van der Waals surface area (Å²) in [5.41, 5.74) is 4.08. The minimum atomic E-state index is 0.407. The lowest BCUT2D eigenvalue weighted by Crippen LogP contribution is -2.28. The molecule has 20 heavy (non-hydrogen) atoms. The van der Waals surface area contributed by atoms with Crippen LogP contribution in [0.25, 0.3) is 0 Å².